The van der Waals surface area contributed by atoms with Gasteiger partial charge in [0.15, 0.2) is 5.11 Å². The number of nitrogens with one attached hydrogen (secondary N) is 2. The number of alkyl halides is 6. The standard InChI is InChI=1S/C16H11ClF6N2S/c1-8-2-3-11(7-13(8)17)24-14(26)25-12-5-9(15(18,19)20)4-10(6-12)16(21,22)23/h2-7H,1H3,(H2,24,25,26). The second-order valence-electron chi connectivity index (χ2n) is 5.34. The predicted octanol–water partition coefficient (Wildman–Crippen LogP) is 6.49. The number of thiocarbonyl (C=S) groups is 1. The third-order valence-electron chi connectivity index (χ3n) is 3.28. The van der Waals surface area contributed by atoms with Crippen LogP contribution in [0.5, 0.6) is 0 Å². The molecule has 0 heterocycles. The van der Waals surface area contributed by atoms with Crippen molar-refractivity contribution in [3.8, 4) is 0 Å². The van der Waals surface area contributed by atoms with Crippen LogP contribution in [0.3, 0.4) is 0 Å². The topological polar surface area (TPSA) is 24.1 Å². The first-order chi connectivity index (χ1) is 11.9. The van der Waals surface area contributed by atoms with Crippen molar-refractivity contribution in [2.24, 2.45) is 0 Å². The lowest BCUT2D eigenvalue weighted by molar-refractivity contribution is -0.143. The fraction of sp³-hybridized carbons (Fsp3) is 0.188. The molecule has 10 heteroatoms. The average Bonchev–Trinajstić information content (AvgIpc) is 2.49. The number of anilines is 2. The lowest BCUT2D eigenvalue weighted by Crippen LogP contribution is -2.20. The lowest BCUT2D eigenvalue weighted by atomic mass is 10.1. The zero-order valence-corrected chi connectivity index (χ0v) is 14.6. The van der Waals surface area contributed by atoms with Crippen molar-refractivity contribution in [1.29, 1.82) is 0 Å². The molecule has 2 rings (SSSR count). The fourth-order valence-corrected chi connectivity index (χ4v) is 2.41. The highest BCUT2D eigenvalue weighted by atomic mass is 35.5. The third kappa shape index (κ3) is 5.25. The maximum atomic E-state index is 12.8. The molecule has 2 aromatic rings. The Hall–Kier alpha value is -2.00. The van der Waals surface area contributed by atoms with E-state index in [9.17, 15) is 26.3 Å². The Kier molecular flexibility index (Phi) is 5.72. The Morgan fingerprint density at radius 3 is 1.81 bits per heavy atom. The summed E-state index contributed by atoms with van der Waals surface area (Å²) < 4.78 is 77.1. The van der Waals surface area contributed by atoms with Crippen molar-refractivity contribution in [3.05, 3.63) is 58.1 Å². The average molecular weight is 413 g/mol. The van der Waals surface area contributed by atoms with Gasteiger partial charge in [-0.2, -0.15) is 26.3 Å². The molecule has 0 amide bonds. The minimum absolute atomic E-state index is 0.0431. The van der Waals surface area contributed by atoms with Crippen LogP contribution in [0.2, 0.25) is 5.02 Å². The van der Waals surface area contributed by atoms with Crippen LogP contribution in [0.25, 0.3) is 0 Å². The van der Waals surface area contributed by atoms with Gasteiger partial charge in [0.2, 0.25) is 0 Å². The molecule has 0 spiro atoms. The van der Waals surface area contributed by atoms with Gasteiger partial charge < -0.3 is 10.6 Å². The molecule has 140 valence electrons. The Balaban J connectivity index is 2.27. The zero-order chi connectivity index (χ0) is 19.7. The molecule has 0 radical (unpaired) electrons. The number of halogens is 7. The summed E-state index contributed by atoms with van der Waals surface area (Å²) in [7, 11) is 0. The van der Waals surface area contributed by atoms with Gasteiger partial charge in [-0.1, -0.05) is 17.7 Å². The van der Waals surface area contributed by atoms with Crippen molar-refractivity contribution in [1.82, 2.24) is 0 Å². The summed E-state index contributed by atoms with van der Waals surface area (Å²) in [4.78, 5) is 0. The largest absolute Gasteiger partial charge is 0.416 e. The minimum atomic E-state index is -4.93. The van der Waals surface area contributed by atoms with E-state index in [1.54, 1.807) is 19.1 Å². The first-order valence-electron chi connectivity index (χ1n) is 7.00. The molecular formula is C16H11ClF6N2S. The van der Waals surface area contributed by atoms with Gasteiger partial charge in [0.25, 0.3) is 0 Å². The van der Waals surface area contributed by atoms with Crippen LogP contribution >= 0.6 is 23.8 Å². The van der Waals surface area contributed by atoms with Gasteiger partial charge in [-0.25, -0.2) is 0 Å². The number of hydrogen-bond donors (Lipinski definition) is 2. The molecule has 0 saturated carbocycles. The second-order valence-corrected chi connectivity index (χ2v) is 6.15. The smallest absolute Gasteiger partial charge is 0.332 e. The van der Waals surface area contributed by atoms with E-state index in [0.29, 0.717) is 22.8 Å². The third-order valence-corrected chi connectivity index (χ3v) is 3.89. The summed E-state index contributed by atoms with van der Waals surface area (Å²) >= 11 is 10.9. The highest BCUT2D eigenvalue weighted by Crippen LogP contribution is 2.37. The molecule has 2 aromatic carbocycles. The molecule has 2 N–H and O–H groups in total. The molecule has 0 unspecified atom stereocenters. The normalized spacial score (nSPS) is 12.0. The van der Waals surface area contributed by atoms with Crippen molar-refractivity contribution in [2.45, 2.75) is 19.3 Å². The summed E-state index contributed by atoms with van der Waals surface area (Å²) in [6, 6.07) is 5.96. The molecule has 0 saturated heterocycles. The van der Waals surface area contributed by atoms with Gasteiger partial charge >= 0.3 is 12.4 Å². The van der Waals surface area contributed by atoms with Crippen molar-refractivity contribution >= 4 is 40.3 Å². The molecule has 0 aliphatic rings. The van der Waals surface area contributed by atoms with Crippen LogP contribution in [0.1, 0.15) is 16.7 Å². The summed E-state index contributed by atoms with van der Waals surface area (Å²) in [5.41, 5.74) is -2.08. The molecule has 0 aliphatic heterocycles. The van der Waals surface area contributed by atoms with Crippen LogP contribution in [-0.2, 0) is 12.4 Å². The number of rotatable bonds is 2. The number of aryl methyl sites for hydroxylation is 1. The molecule has 2 nitrogen and oxygen atoms in total. The maximum absolute atomic E-state index is 12.8. The highest BCUT2D eigenvalue weighted by molar-refractivity contribution is 7.80. The van der Waals surface area contributed by atoms with Crippen molar-refractivity contribution < 1.29 is 26.3 Å². The Bertz CT molecular complexity index is 800. The van der Waals surface area contributed by atoms with E-state index in [0.717, 1.165) is 5.56 Å². The summed E-state index contributed by atoms with van der Waals surface area (Å²) in [6.07, 6.45) is -9.87. The molecule has 0 aliphatic carbocycles. The molecule has 0 atom stereocenters. The predicted molar refractivity (Wildman–Crippen MR) is 92.5 cm³/mol. The fourth-order valence-electron chi connectivity index (χ4n) is 1.99. The monoisotopic (exact) mass is 412 g/mol. The van der Waals surface area contributed by atoms with E-state index in [1.165, 1.54) is 6.07 Å². The minimum Gasteiger partial charge on any atom is -0.332 e. The Morgan fingerprint density at radius 2 is 1.35 bits per heavy atom. The van der Waals surface area contributed by atoms with E-state index in [2.05, 4.69) is 10.6 Å². The van der Waals surface area contributed by atoms with E-state index >= 15 is 0 Å². The summed E-state index contributed by atoms with van der Waals surface area (Å²) in [5, 5.41) is 5.22. The summed E-state index contributed by atoms with van der Waals surface area (Å²) in [6.45, 7) is 1.77. The van der Waals surface area contributed by atoms with E-state index < -0.39 is 29.2 Å². The highest BCUT2D eigenvalue weighted by Gasteiger charge is 2.37. The van der Waals surface area contributed by atoms with Crippen molar-refractivity contribution in [3.63, 3.8) is 0 Å². The van der Waals surface area contributed by atoms with Crippen LogP contribution < -0.4 is 10.6 Å². The SMILES string of the molecule is Cc1ccc(NC(=S)Nc2cc(C(F)(F)F)cc(C(F)(F)F)c2)cc1Cl. The van der Waals surface area contributed by atoms with E-state index in [-0.39, 0.29) is 11.2 Å². The van der Waals surface area contributed by atoms with Crippen LogP contribution in [0.4, 0.5) is 37.7 Å². The molecule has 0 fully saturated rings. The van der Waals surface area contributed by atoms with Gasteiger partial charge in [-0.15, -0.1) is 0 Å². The van der Waals surface area contributed by atoms with Gasteiger partial charge in [0.05, 0.1) is 11.1 Å². The number of benzene rings is 2. The summed E-state index contributed by atoms with van der Waals surface area (Å²) in [5.74, 6) is 0. The molecule has 0 bridgehead atoms. The van der Waals surface area contributed by atoms with E-state index in [4.69, 9.17) is 23.8 Å². The molecular weight excluding hydrogens is 402 g/mol. The first kappa shape index (κ1) is 20.3. The van der Waals surface area contributed by atoms with E-state index in [1.807, 2.05) is 0 Å². The Labute approximate surface area is 155 Å². The lowest BCUT2D eigenvalue weighted by Gasteiger charge is -2.16. The molecule has 0 aromatic heterocycles. The molecule has 26 heavy (non-hydrogen) atoms. The van der Waals surface area contributed by atoms with Gasteiger partial charge in [0, 0.05) is 16.4 Å². The van der Waals surface area contributed by atoms with Crippen LogP contribution in [-0.4, -0.2) is 5.11 Å². The van der Waals surface area contributed by atoms with Crippen molar-refractivity contribution in [2.75, 3.05) is 10.6 Å². The maximum Gasteiger partial charge on any atom is 0.416 e. The first-order valence-corrected chi connectivity index (χ1v) is 7.78. The van der Waals surface area contributed by atoms with Gasteiger partial charge in [-0.3, -0.25) is 0 Å². The van der Waals surface area contributed by atoms with Gasteiger partial charge in [-0.05, 0) is 55.0 Å². The second kappa shape index (κ2) is 7.32. The Morgan fingerprint density at radius 1 is 0.846 bits per heavy atom. The van der Waals surface area contributed by atoms with Gasteiger partial charge in [0.1, 0.15) is 0 Å². The quantitative estimate of drug-likeness (QED) is 0.435. The van der Waals surface area contributed by atoms with Crippen LogP contribution in [0, 0.1) is 6.92 Å². The number of hydrogen-bond acceptors (Lipinski definition) is 1. The van der Waals surface area contributed by atoms with Crippen LogP contribution in [0.15, 0.2) is 36.4 Å². The zero-order valence-electron chi connectivity index (χ0n) is 13.0.